The number of anilines is 1. The highest BCUT2D eigenvalue weighted by atomic mass is 35.5. The maximum Gasteiger partial charge on any atom is 0.327 e. The lowest BCUT2D eigenvalue weighted by atomic mass is 10.2. The summed E-state index contributed by atoms with van der Waals surface area (Å²) in [6.07, 6.45) is 0. The second-order valence-electron chi connectivity index (χ2n) is 5.21. The fraction of sp³-hybridized carbons (Fsp3) is 0.188. The Morgan fingerprint density at radius 3 is 2.31 bits per heavy atom. The van der Waals surface area contributed by atoms with Gasteiger partial charge in [0.05, 0.1) is 27.7 Å². The lowest BCUT2D eigenvalue weighted by molar-refractivity contribution is -0.137. The third kappa shape index (κ3) is 4.01. The van der Waals surface area contributed by atoms with E-state index in [1.807, 2.05) is 0 Å². The molecule has 0 saturated carbocycles. The molecule has 0 spiro atoms. The van der Waals surface area contributed by atoms with Gasteiger partial charge in [0.15, 0.2) is 0 Å². The van der Waals surface area contributed by atoms with Crippen LogP contribution in [0.2, 0.25) is 15.1 Å². The number of aliphatic carboxylic acids is 1. The van der Waals surface area contributed by atoms with Crippen molar-refractivity contribution in [1.29, 1.82) is 0 Å². The molecular formula is C16H14Cl3NO5S. The van der Waals surface area contributed by atoms with Gasteiger partial charge in [0, 0.05) is 5.02 Å². The number of carbonyl (C=O) groups is 1. The highest BCUT2D eigenvalue weighted by molar-refractivity contribution is 7.93. The first-order chi connectivity index (χ1) is 12.1. The maximum atomic E-state index is 13.2. The number of hydrogen-bond acceptors (Lipinski definition) is 4. The molecule has 0 heterocycles. The fourth-order valence-corrected chi connectivity index (χ4v) is 4.40. The normalized spacial score (nSPS) is 12.5. The molecule has 2 aromatic carbocycles. The molecule has 0 bridgehead atoms. The highest BCUT2D eigenvalue weighted by Gasteiger charge is 2.35. The summed E-state index contributed by atoms with van der Waals surface area (Å²) < 4.78 is 32.3. The molecule has 1 N–H and O–H groups in total. The summed E-state index contributed by atoms with van der Waals surface area (Å²) in [5.41, 5.74) is -0.0130. The molecule has 0 aliphatic carbocycles. The van der Waals surface area contributed by atoms with E-state index in [9.17, 15) is 18.3 Å². The van der Waals surface area contributed by atoms with Gasteiger partial charge in [-0.15, -0.1) is 0 Å². The van der Waals surface area contributed by atoms with Crippen LogP contribution in [-0.2, 0) is 14.8 Å². The molecule has 6 nitrogen and oxygen atoms in total. The summed E-state index contributed by atoms with van der Waals surface area (Å²) in [5, 5.41) is 9.84. The topological polar surface area (TPSA) is 83.9 Å². The first-order valence-electron chi connectivity index (χ1n) is 7.15. The van der Waals surface area contributed by atoms with Crippen LogP contribution in [-0.4, -0.2) is 32.6 Å². The lowest BCUT2D eigenvalue weighted by Crippen LogP contribution is -2.43. The first-order valence-corrected chi connectivity index (χ1v) is 9.72. The lowest BCUT2D eigenvalue weighted by Gasteiger charge is -2.29. The monoisotopic (exact) mass is 437 g/mol. The number of ether oxygens (including phenoxy) is 1. The summed E-state index contributed by atoms with van der Waals surface area (Å²) in [7, 11) is -2.98. The Kier molecular flexibility index (Phi) is 6.29. The second-order valence-corrected chi connectivity index (χ2v) is 8.27. The largest absolute Gasteiger partial charge is 0.495 e. The summed E-state index contributed by atoms with van der Waals surface area (Å²) in [6.45, 7) is 1.23. The quantitative estimate of drug-likeness (QED) is 0.726. The predicted octanol–water partition coefficient (Wildman–Crippen LogP) is 4.32. The number of methoxy groups -OCH3 is 1. The van der Waals surface area contributed by atoms with Crippen molar-refractivity contribution in [2.75, 3.05) is 11.4 Å². The van der Waals surface area contributed by atoms with E-state index < -0.39 is 22.0 Å². The summed E-state index contributed by atoms with van der Waals surface area (Å²) in [5.74, 6) is -1.21. The van der Waals surface area contributed by atoms with Crippen molar-refractivity contribution in [3.8, 4) is 5.75 Å². The molecule has 2 rings (SSSR count). The van der Waals surface area contributed by atoms with Crippen molar-refractivity contribution in [1.82, 2.24) is 0 Å². The van der Waals surface area contributed by atoms with E-state index in [0.29, 0.717) is 0 Å². The molecule has 10 heteroatoms. The highest BCUT2D eigenvalue weighted by Crippen LogP contribution is 2.37. The molecule has 0 aliphatic rings. The van der Waals surface area contributed by atoms with E-state index in [0.717, 1.165) is 10.4 Å². The number of benzene rings is 2. The van der Waals surface area contributed by atoms with Crippen molar-refractivity contribution >= 4 is 56.5 Å². The van der Waals surface area contributed by atoms with E-state index in [1.165, 1.54) is 44.4 Å². The average molecular weight is 439 g/mol. The molecule has 2 aromatic rings. The Balaban J connectivity index is 2.75. The molecule has 0 aliphatic heterocycles. The summed E-state index contributed by atoms with van der Waals surface area (Å²) >= 11 is 17.7. The molecule has 26 heavy (non-hydrogen) atoms. The van der Waals surface area contributed by atoms with Crippen LogP contribution in [0.4, 0.5) is 5.69 Å². The standard InChI is InChI=1S/C16H14Cl3NO5S/c1-9(16(21)22)20(14-7-10(17)3-6-15(14)25-2)26(23,24)11-4-5-12(18)13(19)8-11/h3-9H,1-2H3,(H,21,22). The van der Waals surface area contributed by atoms with Crippen molar-refractivity contribution in [3.63, 3.8) is 0 Å². The number of rotatable bonds is 6. The first kappa shape index (κ1) is 20.6. The van der Waals surface area contributed by atoms with Crippen LogP contribution in [0.25, 0.3) is 0 Å². The van der Waals surface area contributed by atoms with Crippen LogP contribution < -0.4 is 9.04 Å². The van der Waals surface area contributed by atoms with Gasteiger partial charge in [0.1, 0.15) is 11.8 Å². The number of hydrogen-bond donors (Lipinski definition) is 1. The minimum Gasteiger partial charge on any atom is -0.495 e. The minimum atomic E-state index is -4.32. The Labute approximate surface area is 165 Å². The van der Waals surface area contributed by atoms with Gasteiger partial charge in [-0.2, -0.15) is 0 Å². The van der Waals surface area contributed by atoms with Crippen molar-refractivity contribution < 1.29 is 23.1 Å². The molecule has 1 unspecified atom stereocenters. The van der Waals surface area contributed by atoms with E-state index in [1.54, 1.807) is 0 Å². The molecule has 1 atom stereocenters. The molecule has 0 aromatic heterocycles. The van der Waals surface area contributed by atoms with Crippen molar-refractivity contribution in [2.24, 2.45) is 0 Å². The van der Waals surface area contributed by atoms with E-state index in [2.05, 4.69) is 0 Å². The molecule has 140 valence electrons. The zero-order valence-electron chi connectivity index (χ0n) is 13.6. The van der Waals surface area contributed by atoms with Crippen molar-refractivity contribution in [3.05, 3.63) is 51.5 Å². The maximum absolute atomic E-state index is 13.2. The second kappa shape index (κ2) is 7.92. The van der Waals surface area contributed by atoms with Gasteiger partial charge >= 0.3 is 5.97 Å². The third-order valence-electron chi connectivity index (χ3n) is 3.54. The number of sulfonamides is 1. The molecule has 0 amide bonds. The van der Waals surface area contributed by atoms with Crippen molar-refractivity contribution in [2.45, 2.75) is 17.9 Å². The zero-order valence-corrected chi connectivity index (χ0v) is 16.7. The number of carboxylic acid groups (broad SMARTS) is 1. The number of carboxylic acids is 1. The SMILES string of the molecule is COc1ccc(Cl)cc1N(C(C)C(=O)O)S(=O)(=O)c1ccc(Cl)c(Cl)c1. The summed E-state index contributed by atoms with van der Waals surface area (Å²) in [6, 6.07) is 6.52. The Morgan fingerprint density at radius 1 is 1.12 bits per heavy atom. The van der Waals surface area contributed by atoms with Gasteiger partial charge in [-0.3, -0.25) is 0 Å². The predicted molar refractivity (Wildman–Crippen MR) is 101 cm³/mol. The number of nitrogens with zero attached hydrogens (tertiary/aromatic N) is 1. The van der Waals surface area contributed by atoms with Crippen LogP contribution >= 0.6 is 34.8 Å². The van der Waals surface area contributed by atoms with E-state index in [-0.39, 0.29) is 31.4 Å². The average Bonchev–Trinajstić information content (AvgIpc) is 2.57. The van der Waals surface area contributed by atoms with Gasteiger partial charge in [-0.1, -0.05) is 34.8 Å². The Morgan fingerprint density at radius 2 is 1.77 bits per heavy atom. The van der Waals surface area contributed by atoms with Gasteiger partial charge in [0.2, 0.25) is 0 Å². The minimum absolute atomic E-state index is 0.0130. The van der Waals surface area contributed by atoms with Gasteiger partial charge in [-0.05, 0) is 43.3 Å². The molecule has 0 fully saturated rings. The Bertz CT molecular complexity index is 949. The van der Waals surface area contributed by atoms with Crippen LogP contribution in [0.1, 0.15) is 6.92 Å². The van der Waals surface area contributed by atoms with Crippen LogP contribution in [0.5, 0.6) is 5.75 Å². The Hall–Kier alpha value is -1.67. The smallest absolute Gasteiger partial charge is 0.327 e. The van der Waals surface area contributed by atoms with Gasteiger partial charge in [-0.25, -0.2) is 17.5 Å². The molecule has 0 radical (unpaired) electrons. The number of halogens is 3. The van der Waals surface area contributed by atoms with Crippen LogP contribution in [0, 0.1) is 0 Å². The molecule has 0 saturated heterocycles. The molecular weight excluding hydrogens is 425 g/mol. The third-order valence-corrected chi connectivity index (χ3v) is 6.39. The van der Waals surface area contributed by atoms with Gasteiger partial charge in [0.25, 0.3) is 10.0 Å². The zero-order chi connectivity index (χ0) is 19.6. The van der Waals surface area contributed by atoms with Crippen LogP contribution in [0.3, 0.4) is 0 Å². The van der Waals surface area contributed by atoms with Crippen LogP contribution in [0.15, 0.2) is 41.3 Å². The van der Waals surface area contributed by atoms with E-state index in [4.69, 9.17) is 39.5 Å². The van der Waals surface area contributed by atoms with E-state index >= 15 is 0 Å². The van der Waals surface area contributed by atoms with Gasteiger partial charge < -0.3 is 9.84 Å². The fourth-order valence-electron chi connectivity index (χ4n) is 2.23. The summed E-state index contributed by atoms with van der Waals surface area (Å²) in [4.78, 5) is 11.4.